The molecule has 0 bridgehead atoms. The maximum Gasteiger partial charge on any atom is 0.345 e. The van der Waals surface area contributed by atoms with E-state index in [0.29, 0.717) is 11.3 Å². The van der Waals surface area contributed by atoms with Crippen LogP contribution in [0.1, 0.15) is 38.9 Å². The number of carboxylic acid groups (broad SMARTS) is 1. The highest BCUT2D eigenvalue weighted by Crippen LogP contribution is 2.39. The monoisotopic (exact) mass is 310 g/mol. The Balaban J connectivity index is 2.22. The van der Waals surface area contributed by atoms with Gasteiger partial charge in [0.05, 0.1) is 5.25 Å². The molecule has 1 N–H and O–H groups in total. The number of hydrogen-bond acceptors (Lipinski definition) is 4. The van der Waals surface area contributed by atoms with Crippen molar-refractivity contribution in [3.05, 3.63) is 34.2 Å². The molecule has 20 heavy (non-hydrogen) atoms. The van der Waals surface area contributed by atoms with Crippen LogP contribution in [-0.4, -0.2) is 25.7 Å². The molecule has 0 saturated heterocycles. The van der Waals surface area contributed by atoms with Crippen molar-refractivity contribution < 1.29 is 18.3 Å². The van der Waals surface area contributed by atoms with E-state index in [1.165, 1.54) is 17.6 Å². The Morgan fingerprint density at radius 2 is 2.10 bits per heavy atom. The van der Waals surface area contributed by atoms with Gasteiger partial charge in [-0.1, -0.05) is 0 Å². The van der Waals surface area contributed by atoms with Crippen molar-refractivity contribution in [1.29, 1.82) is 0 Å². The first-order valence-electron chi connectivity index (χ1n) is 6.35. The lowest BCUT2D eigenvalue weighted by Crippen LogP contribution is -2.17. The van der Waals surface area contributed by atoms with Gasteiger partial charge in [0.25, 0.3) is 0 Å². The fourth-order valence-corrected chi connectivity index (χ4v) is 5.07. The number of hydrogen-bond donors (Lipinski definition) is 1. The predicted molar refractivity (Wildman–Crippen MR) is 79.3 cm³/mol. The minimum absolute atomic E-state index is 0.290. The molecule has 1 unspecified atom stereocenters. The normalized spacial score (nSPS) is 18.9. The van der Waals surface area contributed by atoms with Crippen molar-refractivity contribution in [1.82, 2.24) is 0 Å². The van der Waals surface area contributed by atoms with Gasteiger partial charge in [-0.05, 0) is 54.0 Å². The van der Waals surface area contributed by atoms with Gasteiger partial charge in [-0.3, -0.25) is 0 Å². The number of rotatable bonds is 2. The van der Waals surface area contributed by atoms with Gasteiger partial charge in [0.15, 0.2) is 9.84 Å². The largest absolute Gasteiger partial charge is 0.477 e. The second-order valence-electron chi connectivity index (χ2n) is 5.22. The number of benzene rings is 1. The number of sulfone groups is 1. The molecule has 0 radical (unpaired) electrons. The van der Waals surface area contributed by atoms with E-state index in [2.05, 4.69) is 0 Å². The summed E-state index contributed by atoms with van der Waals surface area (Å²) in [6.07, 6.45) is 3.63. The average Bonchev–Trinajstić information content (AvgIpc) is 2.76. The molecule has 106 valence electrons. The molecule has 0 fully saturated rings. The molecule has 1 aromatic carbocycles. The minimum Gasteiger partial charge on any atom is -0.477 e. The van der Waals surface area contributed by atoms with E-state index in [9.17, 15) is 13.2 Å². The quantitative estimate of drug-likeness (QED) is 0.925. The van der Waals surface area contributed by atoms with Crippen LogP contribution >= 0.6 is 11.3 Å². The maximum atomic E-state index is 11.9. The summed E-state index contributed by atoms with van der Waals surface area (Å²) in [6, 6.07) is 5.44. The number of carbonyl (C=O) groups is 1. The van der Waals surface area contributed by atoms with Crippen LogP contribution < -0.4 is 0 Å². The smallest absolute Gasteiger partial charge is 0.345 e. The number of fused-ring (bicyclic) bond motifs is 2. The van der Waals surface area contributed by atoms with Gasteiger partial charge < -0.3 is 5.11 Å². The fourth-order valence-electron chi connectivity index (χ4n) is 2.85. The lowest BCUT2D eigenvalue weighted by atomic mass is 9.90. The first-order chi connectivity index (χ1) is 9.36. The highest BCUT2D eigenvalue weighted by Gasteiger charge is 2.29. The second kappa shape index (κ2) is 4.56. The highest BCUT2D eigenvalue weighted by atomic mass is 32.2. The van der Waals surface area contributed by atoms with Gasteiger partial charge in [-0.15, -0.1) is 11.3 Å². The van der Waals surface area contributed by atoms with Crippen LogP contribution in [0, 0.1) is 0 Å². The molecule has 2 aromatic rings. The molecule has 0 spiro atoms. The number of carboxylic acids is 1. The van der Waals surface area contributed by atoms with Gasteiger partial charge in [-0.2, -0.15) is 0 Å². The van der Waals surface area contributed by atoms with Crippen molar-refractivity contribution in [2.24, 2.45) is 0 Å². The third kappa shape index (κ3) is 2.23. The second-order valence-corrected chi connectivity index (χ2v) is 8.53. The Bertz CT molecular complexity index is 802. The SMILES string of the molecule is CS(=O)(=O)C1CCCc2cc3sc(C(=O)O)cc3cc21. The van der Waals surface area contributed by atoms with Gasteiger partial charge in [0.2, 0.25) is 0 Å². The van der Waals surface area contributed by atoms with Crippen LogP contribution in [0.15, 0.2) is 18.2 Å². The molecular formula is C14H14O4S2. The molecule has 1 atom stereocenters. The van der Waals surface area contributed by atoms with E-state index in [-0.39, 0.29) is 0 Å². The number of aromatic carboxylic acids is 1. The summed E-state index contributed by atoms with van der Waals surface area (Å²) in [5.74, 6) is -0.941. The number of thiophene rings is 1. The summed E-state index contributed by atoms with van der Waals surface area (Å²) in [6.45, 7) is 0. The zero-order chi connectivity index (χ0) is 14.5. The van der Waals surface area contributed by atoms with Gasteiger partial charge >= 0.3 is 5.97 Å². The molecule has 6 heteroatoms. The lowest BCUT2D eigenvalue weighted by molar-refractivity contribution is 0.0702. The van der Waals surface area contributed by atoms with Gasteiger partial charge in [0.1, 0.15) is 4.88 Å². The maximum absolute atomic E-state index is 11.9. The van der Waals surface area contributed by atoms with E-state index in [1.807, 2.05) is 12.1 Å². The van der Waals surface area contributed by atoms with E-state index in [4.69, 9.17) is 5.11 Å². The van der Waals surface area contributed by atoms with Crippen LogP contribution in [0.5, 0.6) is 0 Å². The van der Waals surface area contributed by atoms with Crippen molar-refractivity contribution in [3.63, 3.8) is 0 Å². The predicted octanol–water partition coefficient (Wildman–Crippen LogP) is 3.02. The van der Waals surface area contributed by atoms with Crippen LogP contribution in [0.2, 0.25) is 0 Å². The average molecular weight is 310 g/mol. The first kappa shape index (κ1) is 13.6. The van der Waals surface area contributed by atoms with E-state index in [1.54, 1.807) is 6.07 Å². The Morgan fingerprint density at radius 3 is 2.75 bits per heavy atom. The lowest BCUT2D eigenvalue weighted by Gasteiger charge is -2.24. The van der Waals surface area contributed by atoms with Gasteiger partial charge in [-0.25, -0.2) is 13.2 Å². The zero-order valence-electron chi connectivity index (χ0n) is 10.9. The Morgan fingerprint density at radius 1 is 1.35 bits per heavy atom. The summed E-state index contributed by atoms with van der Waals surface area (Å²) in [5, 5.41) is 9.41. The van der Waals surface area contributed by atoms with Crippen molar-refractivity contribution in [3.8, 4) is 0 Å². The van der Waals surface area contributed by atoms with Crippen LogP contribution in [-0.2, 0) is 16.3 Å². The first-order valence-corrected chi connectivity index (χ1v) is 9.12. The van der Waals surface area contributed by atoms with E-state index < -0.39 is 21.1 Å². The molecule has 0 aliphatic heterocycles. The van der Waals surface area contributed by atoms with Crippen LogP contribution in [0.3, 0.4) is 0 Å². The summed E-state index contributed by atoms with van der Waals surface area (Å²) >= 11 is 1.24. The fraction of sp³-hybridized carbons (Fsp3) is 0.357. The molecule has 4 nitrogen and oxygen atoms in total. The molecule has 0 saturated carbocycles. The summed E-state index contributed by atoms with van der Waals surface area (Å²) in [5.41, 5.74) is 1.89. The summed E-state index contributed by atoms with van der Waals surface area (Å²) in [4.78, 5) is 11.3. The molecule has 0 amide bonds. The molecule has 1 aliphatic carbocycles. The van der Waals surface area contributed by atoms with E-state index >= 15 is 0 Å². The standard InChI is InChI=1S/C14H14O4S2/c1-20(17,18)13-4-2-3-8-6-11-9(5-10(8)13)7-12(19-11)14(15)16/h5-7,13H,2-4H2,1H3,(H,15,16). The third-order valence-electron chi connectivity index (χ3n) is 3.77. The number of aryl methyl sites for hydroxylation is 1. The third-order valence-corrected chi connectivity index (χ3v) is 6.37. The molecule has 1 aliphatic rings. The minimum atomic E-state index is -3.13. The Hall–Kier alpha value is -1.40. The zero-order valence-corrected chi connectivity index (χ0v) is 12.6. The van der Waals surface area contributed by atoms with E-state index in [0.717, 1.165) is 34.1 Å². The molecule has 3 rings (SSSR count). The molecule has 1 aromatic heterocycles. The summed E-state index contributed by atoms with van der Waals surface area (Å²) < 4.78 is 24.7. The van der Waals surface area contributed by atoms with Gasteiger partial charge in [0, 0.05) is 11.0 Å². The summed E-state index contributed by atoms with van der Waals surface area (Å²) in [7, 11) is -3.13. The molecular weight excluding hydrogens is 296 g/mol. The Kier molecular flexibility index (Phi) is 3.10. The van der Waals surface area contributed by atoms with Crippen molar-refractivity contribution in [2.75, 3.05) is 6.26 Å². The topological polar surface area (TPSA) is 71.4 Å². The van der Waals surface area contributed by atoms with Crippen LogP contribution in [0.4, 0.5) is 0 Å². The highest BCUT2D eigenvalue weighted by molar-refractivity contribution is 7.90. The van der Waals surface area contributed by atoms with Crippen LogP contribution in [0.25, 0.3) is 10.1 Å². The van der Waals surface area contributed by atoms with Crippen molar-refractivity contribution in [2.45, 2.75) is 24.5 Å². The molecule has 1 heterocycles. The Labute approximate surface area is 121 Å². The van der Waals surface area contributed by atoms with Crippen molar-refractivity contribution >= 4 is 37.2 Å².